The summed E-state index contributed by atoms with van der Waals surface area (Å²) < 4.78 is 64.8. The summed E-state index contributed by atoms with van der Waals surface area (Å²) in [5, 5.41) is 0.613. The third-order valence-corrected chi connectivity index (χ3v) is 5.24. The van der Waals surface area contributed by atoms with E-state index in [4.69, 9.17) is 32.7 Å². The van der Waals surface area contributed by atoms with E-state index in [9.17, 15) is 17.6 Å². The summed E-state index contributed by atoms with van der Waals surface area (Å²) in [5.74, 6) is -1.38. The number of methoxy groups -OCH3 is 1. The maximum Gasteiger partial charge on any atom is 0.399 e. The molecule has 0 atom stereocenters. The third-order valence-electron chi connectivity index (χ3n) is 3.67. The number of halogens is 6. The second-order valence-corrected chi connectivity index (χ2v) is 7.54. The number of aromatic nitrogens is 2. The molecule has 0 bridgehead atoms. The maximum atomic E-state index is 14.4. The molecule has 0 aliphatic carbocycles. The Labute approximate surface area is 188 Å². The molecule has 2 aromatic heterocycles. The first-order valence-electron chi connectivity index (χ1n) is 8.44. The average molecular weight is 494 g/mol. The van der Waals surface area contributed by atoms with E-state index in [-0.39, 0.29) is 33.7 Å². The molecule has 0 saturated carbocycles. The second-order valence-electron chi connectivity index (χ2n) is 5.94. The number of pyridine rings is 2. The molecule has 164 valence electrons. The molecule has 1 N–H and O–H groups in total. The molecular weight excluding hydrogens is 481 g/mol. The van der Waals surface area contributed by atoms with Crippen LogP contribution in [0.3, 0.4) is 0 Å². The number of rotatable bonds is 7. The lowest BCUT2D eigenvalue weighted by Crippen LogP contribution is -2.12. The molecule has 0 unspecified atom stereocenters. The molecule has 3 aromatic rings. The highest BCUT2D eigenvalue weighted by Gasteiger charge is 2.27. The van der Waals surface area contributed by atoms with Crippen LogP contribution in [0.15, 0.2) is 42.6 Å². The lowest BCUT2D eigenvalue weighted by atomic mass is 10.1. The van der Waals surface area contributed by atoms with Crippen molar-refractivity contribution < 1.29 is 27.0 Å². The lowest BCUT2D eigenvalue weighted by molar-refractivity contribution is -0.105. The monoisotopic (exact) mass is 493 g/mol. The molecule has 1 aromatic carbocycles. The van der Waals surface area contributed by atoms with E-state index in [1.54, 1.807) is 6.07 Å². The Hall–Kier alpha value is -2.43. The van der Waals surface area contributed by atoms with Gasteiger partial charge in [0, 0.05) is 23.9 Å². The van der Waals surface area contributed by atoms with E-state index in [1.807, 2.05) is 0 Å². The van der Waals surface area contributed by atoms with Crippen molar-refractivity contribution in [3.05, 3.63) is 58.5 Å². The third kappa shape index (κ3) is 6.28. The Morgan fingerprint density at radius 1 is 1.10 bits per heavy atom. The number of hydrogen-bond donors (Lipinski definition) is 1. The number of hydrogen-bond acceptors (Lipinski definition) is 6. The van der Waals surface area contributed by atoms with E-state index in [2.05, 4.69) is 14.7 Å². The molecular formula is C19H13Cl2F4N3O2S. The van der Waals surface area contributed by atoms with Crippen molar-refractivity contribution in [2.75, 3.05) is 17.6 Å². The number of nitrogens with one attached hydrogen (secondary N) is 1. The fourth-order valence-corrected chi connectivity index (χ4v) is 3.18. The van der Waals surface area contributed by atoms with Gasteiger partial charge in [-0.15, -0.1) is 0 Å². The van der Waals surface area contributed by atoms with Crippen molar-refractivity contribution in [1.82, 2.24) is 9.97 Å². The highest BCUT2D eigenvalue weighted by atomic mass is 35.5. The summed E-state index contributed by atoms with van der Waals surface area (Å²) in [4.78, 5) is 8.14. The summed E-state index contributed by atoms with van der Waals surface area (Å²) in [5.41, 5.74) is 0.218. The number of nitrogens with zero attached hydrogens (tertiary/aromatic N) is 2. The molecule has 0 aliphatic heterocycles. The Bertz CT molecular complexity index is 1090. The lowest BCUT2D eigenvalue weighted by Gasteiger charge is -2.13. The highest BCUT2D eigenvalue weighted by molar-refractivity contribution is 8.00. The van der Waals surface area contributed by atoms with Gasteiger partial charge in [0.15, 0.2) is 0 Å². The van der Waals surface area contributed by atoms with Crippen LogP contribution in [0.1, 0.15) is 0 Å². The minimum absolute atomic E-state index is 0.0436. The zero-order chi connectivity index (χ0) is 22.6. The fourth-order valence-electron chi connectivity index (χ4n) is 2.36. The SMILES string of the molecule is COc1ncc(-c2nc(Oc3ccc(Cl)c(Cl)c3)ccc2F)cc1NSCC(F)(F)F. The van der Waals surface area contributed by atoms with Gasteiger partial charge >= 0.3 is 6.18 Å². The molecule has 0 spiro atoms. The number of ether oxygens (including phenoxy) is 2. The largest absolute Gasteiger partial charge is 0.480 e. The van der Waals surface area contributed by atoms with Crippen LogP contribution in [-0.2, 0) is 0 Å². The first kappa shape index (κ1) is 23.2. The van der Waals surface area contributed by atoms with E-state index in [0.717, 1.165) is 6.07 Å². The van der Waals surface area contributed by atoms with Gasteiger partial charge in [0.25, 0.3) is 0 Å². The van der Waals surface area contributed by atoms with Crippen molar-refractivity contribution in [2.45, 2.75) is 6.18 Å². The number of alkyl halides is 3. The fraction of sp³-hybridized carbons (Fsp3) is 0.158. The van der Waals surface area contributed by atoms with E-state index < -0.39 is 17.7 Å². The van der Waals surface area contributed by atoms with Crippen molar-refractivity contribution >= 4 is 40.8 Å². The van der Waals surface area contributed by atoms with Crippen LogP contribution < -0.4 is 14.2 Å². The predicted molar refractivity (Wildman–Crippen MR) is 113 cm³/mol. The molecule has 0 aliphatic rings. The van der Waals surface area contributed by atoms with E-state index in [1.165, 1.54) is 37.6 Å². The first-order chi connectivity index (χ1) is 14.7. The smallest absolute Gasteiger partial charge is 0.399 e. The first-order valence-corrected chi connectivity index (χ1v) is 10.2. The van der Waals surface area contributed by atoms with Gasteiger partial charge in [-0.25, -0.2) is 14.4 Å². The van der Waals surface area contributed by atoms with Gasteiger partial charge in [-0.2, -0.15) is 13.2 Å². The molecule has 5 nitrogen and oxygen atoms in total. The van der Waals surface area contributed by atoms with Crippen LogP contribution >= 0.6 is 35.1 Å². The summed E-state index contributed by atoms with van der Waals surface area (Å²) in [7, 11) is 1.31. The molecule has 0 amide bonds. The van der Waals surface area contributed by atoms with Crippen LogP contribution in [-0.4, -0.2) is 29.0 Å². The van der Waals surface area contributed by atoms with Crippen molar-refractivity contribution in [3.8, 4) is 28.8 Å². The van der Waals surface area contributed by atoms with Gasteiger partial charge in [0.1, 0.15) is 28.7 Å². The van der Waals surface area contributed by atoms with Crippen LogP contribution in [0.5, 0.6) is 17.5 Å². The average Bonchev–Trinajstić information content (AvgIpc) is 2.71. The van der Waals surface area contributed by atoms with Gasteiger partial charge in [-0.3, -0.25) is 0 Å². The Kier molecular flexibility index (Phi) is 7.34. The predicted octanol–water partition coefficient (Wildman–Crippen LogP) is 7.01. The van der Waals surface area contributed by atoms with Crippen molar-refractivity contribution in [3.63, 3.8) is 0 Å². The van der Waals surface area contributed by atoms with Gasteiger partial charge in [-0.1, -0.05) is 23.2 Å². The maximum absolute atomic E-state index is 14.4. The Morgan fingerprint density at radius 2 is 1.87 bits per heavy atom. The van der Waals surface area contributed by atoms with Crippen LogP contribution in [0, 0.1) is 5.82 Å². The minimum atomic E-state index is -4.36. The number of anilines is 1. The van der Waals surface area contributed by atoms with Crippen molar-refractivity contribution in [2.24, 2.45) is 0 Å². The highest BCUT2D eigenvalue weighted by Crippen LogP contribution is 2.34. The van der Waals surface area contributed by atoms with Gasteiger partial charge < -0.3 is 14.2 Å². The Morgan fingerprint density at radius 3 is 2.55 bits per heavy atom. The Balaban J connectivity index is 1.88. The van der Waals surface area contributed by atoms with E-state index >= 15 is 0 Å². The normalized spacial score (nSPS) is 11.3. The van der Waals surface area contributed by atoms with Crippen LogP contribution in [0.2, 0.25) is 10.0 Å². The summed E-state index contributed by atoms with van der Waals surface area (Å²) in [6, 6.07) is 8.41. The molecule has 12 heteroatoms. The van der Waals surface area contributed by atoms with E-state index in [0.29, 0.717) is 22.7 Å². The molecule has 2 heterocycles. The topological polar surface area (TPSA) is 56.3 Å². The molecule has 31 heavy (non-hydrogen) atoms. The summed E-state index contributed by atoms with van der Waals surface area (Å²) >= 11 is 12.2. The quantitative estimate of drug-likeness (QED) is 0.282. The standard InChI is InChI=1S/C19H13Cl2F4N3O2S/c1-29-18-15(28-31-9-19(23,24)25)6-10(8-26-18)17-14(22)4-5-16(27-17)30-11-2-3-12(20)13(21)7-11/h2-8,28H,9H2,1H3. The van der Waals surface area contributed by atoms with Crippen LogP contribution in [0.4, 0.5) is 23.2 Å². The number of benzene rings is 1. The molecule has 0 fully saturated rings. The molecule has 0 radical (unpaired) electrons. The van der Waals surface area contributed by atoms with Crippen LogP contribution in [0.25, 0.3) is 11.3 Å². The molecule has 0 saturated heterocycles. The van der Waals surface area contributed by atoms with Gasteiger partial charge in [0.05, 0.1) is 17.2 Å². The van der Waals surface area contributed by atoms with Crippen molar-refractivity contribution in [1.29, 1.82) is 0 Å². The zero-order valence-corrected chi connectivity index (χ0v) is 18.0. The summed E-state index contributed by atoms with van der Waals surface area (Å²) in [6.45, 7) is 0. The van der Waals surface area contributed by atoms with Gasteiger partial charge in [0.2, 0.25) is 11.8 Å². The zero-order valence-electron chi connectivity index (χ0n) is 15.6. The van der Waals surface area contributed by atoms with Gasteiger partial charge in [-0.05, 0) is 36.2 Å². The summed E-state index contributed by atoms with van der Waals surface area (Å²) in [6.07, 6.45) is -3.08. The second kappa shape index (κ2) is 9.80. The molecule has 3 rings (SSSR count). The minimum Gasteiger partial charge on any atom is -0.480 e.